The molecule has 0 fully saturated rings. The van der Waals surface area contributed by atoms with E-state index in [4.69, 9.17) is 4.74 Å². The highest BCUT2D eigenvalue weighted by molar-refractivity contribution is 5.85. The summed E-state index contributed by atoms with van der Waals surface area (Å²) in [5.74, 6) is 2.03. The Hall–Kier alpha value is -2.66. The lowest BCUT2D eigenvalue weighted by Crippen LogP contribution is -2.09. The normalized spacial score (nSPS) is 10.1. The summed E-state index contributed by atoms with van der Waals surface area (Å²) in [6.07, 6.45) is 3.54. The van der Waals surface area contributed by atoms with Crippen LogP contribution in [0.15, 0.2) is 60.9 Å². The van der Waals surface area contributed by atoms with Crippen LogP contribution in [0.3, 0.4) is 0 Å². The molecular weight excluding hydrogens is 324 g/mol. The van der Waals surface area contributed by atoms with Crippen molar-refractivity contribution in [3.63, 3.8) is 0 Å². The second-order valence-electron chi connectivity index (χ2n) is 5.26. The Morgan fingerprint density at radius 2 is 1.62 bits per heavy atom. The van der Waals surface area contributed by atoms with Gasteiger partial charge in [0.2, 0.25) is 0 Å². The van der Waals surface area contributed by atoms with E-state index in [1.54, 1.807) is 12.4 Å². The van der Waals surface area contributed by atoms with Crippen molar-refractivity contribution in [3.8, 4) is 17.1 Å². The van der Waals surface area contributed by atoms with Crippen LogP contribution < -0.4 is 10.1 Å². The van der Waals surface area contributed by atoms with E-state index in [1.165, 1.54) is 0 Å². The van der Waals surface area contributed by atoms with Crippen LogP contribution >= 0.6 is 12.4 Å². The number of hydrogen-bond acceptors (Lipinski definition) is 5. The molecule has 0 saturated carbocycles. The van der Waals surface area contributed by atoms with E-state index in [0.29, 0.717) is 17.4 Å². The van der Waals surface area contributed by atoms with Crippen molar-refractivity contribution in [3.05, 3.63) is 60.9 Å². The summed E-state index contributed by atoms with van der Waals surface area (Å²) in [7, 11) is 0. The van der Waals surface area contributed by atoms with Crippen molar-refractivity contribution in [2.75, 3.05) is 5.32 Å². The fourth-order valence-corrected chi connectivity index (χ4v) is 2.10. The number of hydrogen-bond donors (Lipinski definition) is 1. The summed E-state index contributed by atoms with van der Waals surface area (Å²) >= 11 is 0. The van der Waals surface area contributed by atoms with Crippen LogP contribution in [0.1, 0.15) is 13.8 Å². The molecule has 0 aliphatic heterocycles. The molecule has 0 spiro atoms. The molecule has 0 aromatic carbocycles. The predicted molar refractivity (Wildman–Crippen MR) is 98.0 cm³/mol. The lowest BCUT2D eigenvalue weighted by molar-refractivity contribution is 0.243. The van der Waals surface area contributed by atoms with Crippen LogP contribution in [0.4, 0.5) is 11.6 Å². The van der Waals surface area contributed by atoms with Gasteiger partial charge in [0.15, 0.2) is 11.6 Å². The van der Waals surface area contributed by atoms with Crippen molar-refractivity contribution in [2.45, 2.75) is 20.0 Å². The molecule has 5 nitrogen and oxygen atoms in total. The predicted octanol–water partition coefficient (Wildman–Crippen LogP) is 4.49. The van der Waals surface area contributed by atoms with Gasteiger partial charge in [-0.2, -0.15) is 0 Å². The molecule has 0 atom stereocenters. The number of nitrogens with zero attached hydrogens (tertiary/aromatic N) is 3. The molecule has 6 heteroatoms. The third-order valence-electron chi connectivity index (χ3n) is 3.06. The first-order valence-corrected chi connectivity index (χ1v) is 7.49. The maximum absolute atomic E-state index is 5.84. The molecule has 3 aromatic heterocycles. The minimum Gasteiger partial charge on any atom is -0.487 e. The zero-order valence-corrected chi connectivity index (χ0v) is 14.3. The van der Waals surface area contributed by atoms with Gasteiger partial charge in [0.1, 0.15) is 5.82 Å². The number of halogens is 1. The third-order valence-corrected chi connectivity index (χ3v) is 3.06. The molecule has 0 bridgehead atoms. The van der Waals surface area contributed by atoms with Gasteiger partial charge in [0.05, 0.1) is 17.5 Å². The first kappa shape index (κ1) is 17.7. The monoisotopic (exact) mass is 342 g/mol. The summed E-state index contributed by atoms with van der Waals surface area (Å²) in [6.45, 7) is 3.97. The average Bonchev–Trinajstić information content (AvgIpc) is 2.58. The largest absolute Gasteiger partial charge is 0.487 e. The Morgan fingerprint density at radius 3 is 2.25 bits per heavy atom. The van der Waals surface area contributed by atoms with Crippen molar-refractivity contribution in [1.82, 2.24) is 15.0 Å². The van der Waals surface area contributed by atoms with Gasteiger partial charge in [-0.15, -0.1) is 12.4 Å². The lowest BCUT2D eigenvalue weighted by Gasteiger charge is -2.15. The van der Waals surface area contributed by atoms with Gasteiger partial charge < -0.3 is 10.1 Å². The van der Waals surface area contributed by atoms with Crippen molar-refractivity contribution in [2.24, 2.45) is 0 Å². The Balaban J connectivity index is 0.00000208. The standard InChI is InChI=1S/C18H18N4O.ClH/c1-13(2)23-16-10-9-15(14-7-3-5-11-19-14)21-18(16)22-17-8-4-6-12-20-17;/h3-13H,1-2H3,(H,20,21,22);1H. The topological polar surface area (TPSA) is 59.9 Å². The second-order valence-corrected chi connectivity index (χ2v) is 5.26. The first-order valence-electron chi connectivity index (χ1n) is 7.49. The van der Waals surface area contributed by atoms with Crippen molar-refractivity contribution >= 4 is 24.0 Å². The summed E-state index contributed by atoms with van der Waals surface area (Å²) in [4.78, 5) is 13.3. The summed E-state index contributed by atoms with van der Waals surface area (Å²) in [5, 5.41) is 3.21. The maximum Gasteiger partial charge on any atom is 0.175 e. The number of aromatic nitrogens is 3. The van der Waals surface area contributed by atoms with Gasteiger partial charge >= 0.3 is 0 Å². The van der Waals surface area contributed by atoms with Crippen LogP contribution in [-0.4, -0.2) is 21.1 Å². The van der Waals surface area contributed by atoms with Crippen LogP contribution in [-0.2, 0) is 0 Å². The zero-order valence-electron chi connectivity index (χ0n) is 13.5. The Morgan fingerprint density at radius 1 is 0.875 bits per heavy atom. The molecule has 0 saturated heterocycles. The molecule has 124 valence electrons. The second kappa shape index (κ2) is 8.26. The molecule has 0 aliphatic carbocycles. The van der Waals surface area contributed by atoms with E-state index in [0.717, 1.165) is 11.4 Å². The molecule has 0 unspecified atom stereocenters. The fourth-order valence-electron chi connectivity index (χ4n) is 2.10. The van der Waals surface area contributed by atoms with E-state index < -0.39 is 0 Å². The molecule has 3 heterocycles. The molecule has 0 radical (unpaired) electrons. The molecule has 0 amide bonds. The number of ether oxygens (including phenoxy) is 1. The SMILES string of the molecule is CC(C)Oc1ccc(-c2ccccn2)nc1Nc1ccccn1.Cl. The van der Waals surface area contributed by atoms with Crippen molar-refractivity contribution in [1.29, 1.82) is 0 Å². The first-order chi connectivity index (χ1) is 11.2. The minimum atomic E-state index is 0. The number of nitrogens with one attached hydrogen (secondary N) is 1. The highest BCUT2D eigenvalue weighted by Gasteiger charge is 2.11. The summed E-state index contributed by atoms with van der Waals surface area (Å²) in [6, 6.07) is 15.2. The lowest BCUT2D eigenvalue weighted by atomic mass is 10.2. The molecule has 0 aliphatic rings. The van der Waals surface area contributed by atoms with Crippen LogP contribution in [0, 0.1) is 0 Å². The molecule has 3 rings (SSSR count). The van der Waals surface area contributed by atoms with Crippen molar-refractivity contribution < 1.29 is 4.74 Å². The number of anilines is 2. The van der Waals surface area contributed by atoms with Crippen LogP contribution in [0.2, 0.25) is 0 Å². The van der Waals surface area contributed by atoms with Crippen LogP contribution in [0.25, 0.3) is 11.4 Å². The minimum absolute atomic E-state index is 0. The zero-order chi connectivity index (χ0) is 16.1. The van der Waals surface area contributed by atoms with Gasteiger partial charge in [-0.3, -0.25) is 4.98 Å². The van der Waals surface area contributed by atoms with E-state index in [-0.39, 0.29) is 18.5 Å². The molecule has 1 N–H and O–H groups in total. The summed E-state index contributed by atoms with van der Waals surface area (Å²) in [5.41, 5.74) is 1.59. The van der Waals surface area contributed by atoms with Gasteiger partial charge in [0.25, 0.3) is 0 Å². The van der Waals surface area contributed by atoms with Gasteiger partial charge in [0, 0.05) is 12.4 Å². The third kappa shape index (κ3) is 4.43. The number of pyridine rings is 3. The maximum atomic E-state index is 5.84. The fraction of sp³-hybridized carbons (Fsp3) is 0.167. The molecule has 24 heavy (non-hydrogen) atoms. The van der Waals surface area contributed by atoms with Gasteiger partial charge in [-0.25, -0.2) is 9.97 Å². The highest BCUT2D eigenvalue weighted by atomic mass is 35.5. The van der Waals surface area contributed by atoms with E-state index in [9.17, 15) is 0 Å². The van der Waals surface area contributed by atoms with Gasteiger partial charge in [-0.05, 0) is 50.2 Å². The smallest absolute Gasteiger partial charge is 0.175 e. The number of rotatable bonds is 5. The average molecular weight is 343 g/mol. The Bertz CT molecular complexity index is 766. The molecular formula is C18H19ClN4O. The van der Waals surface area contributed by atoms with Crippen LogP contribution in [0.5, 0.6) is 5.75 Å². The molecule has 3 aromatic rings. The quantitative estimate of drug-likeness (QED) is 0.740. The Kier molecular flexibility index (Phi) is 6.09. The van der Waals surface area contributed by atoms with E-state index in [2.05, 4.69) is 20.3 Å². The van der Waals surface area contributed by atoms with E-state index >= 15 is 0 Å². The van der Waals surface area contributed by atoms with E-state index in [1.807, 2.05) is 62.4 Å². The Labute approximate surface area is 147 Å². The summed E-state index contributed by atoms with van der Waals surface area (Å²) < 4.78 is 5.84. The van der Waals surface area contributed by atoms with Gasteiger partial charge in [-0.1, -0.05) is 12.1 Å². The highest BCUT2D eigenvalue weighted by Crippen LogP contribution is 2.29.